The van der Waals surface area contributed by atoms with Crippen molar-refractivity contribution in [3.63, 3.8) is 0 Å². The van der Waals surface area contributed by atoms with E-state index in [0.29, 0.717) is 21.5 Å². The second kappa shape index (κ2) is 6.59. The average molecular weight is 383 g/mol. The molecule has 0 bridgehead atoms. The van der Waals surface area contributed by atoms with E-state index < -0.39 is 0 Å². The molecule has 0 radical (unpaired) electrons. The number of aryl methyl sites for hydroxylation is 1. The number of anilines is 1. The number of rotatable bonds is 3. The molecule has 0 saturated heterocycles. The van der Waals surface area contributed by atoms with Crippen LogP contribution in [0.2, 0.25) is 5.15 Å². The molecule has 0 fully saturated rings. The fraction of sp³-hybridized carbons (Fsp3) is 0.100. The molecule has 4 aromatic rings. The first-order valence-electron chi connectivity index (χ1n) is 8.00. The summed E-state index contributed by atoms with van der Waals surface area (Å²) in [6.45, 7) is 2.03. The summed E-state index contributed by atoms with van der Waals surface area (Å²) in [6, 6.07) is 15.1. The molecule has 0 aliphatic rings. The zero-order valence-electron chi connectivity index (χ0n) is 14.2. The minimum absolute atomic E-state index is 0.201. The number of fused-ring (bicyclic) bond motifs is 3. The van der Waals surface area contributed by atoms with Crippen molar-refractivity contribution in [2.75, 3.05) is 12.4 Å². The summed E-state index contributed by atoms with van der Waals surface area (Å²) in [7, 11) is 1.57. The highest BCUT2D eigenvalue weighted by Crippen LogP contribution is 2.36. The van der Waals surface area contributed by atoms with Crippen LogP contribution in [0, 0.1) is 6.92 Å². The van der Waals surface area contributed by atoms with Crippen molar-refractivity contribution < 1.29 is 9.53 Å². The second-order valence-corrected chi connectivity index (χ2v) is 7.34. The van der Waals surface area contributed by atoms with Gasteiger partial charge in [0.1, 0.15) is 10.9 Å². The van der Waals surface area contributed by atoms with Crippen molar-refractivity contribution in [3.8, 4) is 5.75 Å². The van der Waals surface area contributed by atoms with Crippen molar-refractivity contribution in [1.29, 1.82) is 0 Å². The topological polar surface area (TPSA) is 51.2 Å². The standard InChI is InChI=1S/C20H15ClN2O2S/c1-11-7-8-14-12(9-11)18-13(19(21)22-14)10-17(26-18)20(24)23-15-5-3-4-6-16(15)25-2/h3-10H,1-2H3,(H,23,24). The lowest BCUT2D eigenvalue weighted by Crippen LogP contribution is -2.10. The van der Waals surface area contributed by atoms with Crippen LogP contribution in [-0.4, -0.2) is 18.0 Å². The maximum atomic E-state index is 12.7. The van der Waals surface area contributed by atoms with Gasteiger partial charge in [0.05, 0.1) is 23.2 Å². The van der Waals surface area contributed by atoms with E-state index in [1.807, 2.05) is 31.2 Å². The molecule has 2 aromatic heterocycles. The van der Waals surface area contributed by atoms with Gasteiger partial charge in [-0.1, -0.05) is 35.4 Å². The Morgan fingerprint density at radius 1 is 1.15 bits per heavy atom. The molecule has 130 valence electrons. The SMILES string of the molecule is COc1ccccc1NC(=O)c1cc2c(Cl)nc3ccc(C)cc3c2s1. The number of para-hydroxylation sites is 2. The highest BCUT2D eigenvalue weighted by Gasteiger charge is 2.16. The summed E-state index contributed by atoms with van der Waals surface area (Å²) in [4.78, 5) is 17.8. The Bertz CT molecular complexity index is 1150. The van der Waals surface area contributed by atoms with Gasteiger partial charge >= 0.3 is 0 Å². The highest BCUT2D eigenvalue weighted by molar-refractivity contribution is 7.22. The van der Waals surface area contributed by atoms with E-state index in [-0.39, 0.29) is 5.91 Å². The van der Waals surface area contributed by atoms with E-state index in [2.05, 4.69) is 16.4 Å². The fourth-order valence-electron chi connectivity index (χ4n) is 2.88. The van der Waals surface area contributed by atoms with E-state index in [1.54, 1.807) is 25.3 Å². The number of methoxy groups -OCH3 is 1. The first-order chi connectivity index (χ1) is 12.6. The lowest BCUT2D eigenvalue weighted by Gasteiger charge is -2.08. The van der Waals surface area contributed by atoms with Crippen LogP contribution in [0.1, 0.15) is 15.2 Å². The van der Waals surface area contributed by atoms with Crippen LogP contribution in [0.25, 0.3) is 21.0 Å². The van der Waals surface area contributed by atoms with E-state index in [4.69, 9.17) is 16.3 Å². The Morgan fingerprint density at radius 2 is 1.96 bits per heavy atom. The van der Waals surface area contributed by atoms with E-state index >= 15 is 0 Å². The number of thiophene rings is 1. The number of amides is 1. The molecule has 0 atom stereocenters. The Balaban J connectivity index is 1.79. The number of carbonyl (C=O) groups is 1. The molecular formula is C20H15ClN2O2S. The zero-order chi connectivity index (χ0) is 18.3. The lowest BCUT2D eigenvalue weighted by molar-refractivity contribution is 0.103. The smallest absolute Gasteiger partial charge is 0.265 e. The van der Waals surface area contributed by atoms with Gasteiger partial charge in [0.2, 0.25) is 0 Å². The Labute approximate surface area is 159 Å². The van der Waals surface area contributed by atoms with Crippen LogP contribution in [-0.2, 0) is 0 Å². The molecule has 2 aromatic carbocycles. The third-order valence-corrected chi connectivity index (χ3v) is 5.60. The Kier molecular flexibility index (Phi) is 4.26. The van der Waals surface area contributed by atoms with Crippen molar-refractivity contribution in [1.82, 2.24) is 4.98 Å². The summed E-state index contributed by atoms with van der Waals surface area (Å²) < 4.78 is 6.26. The number of hydrogen-bond acceptors (Lipinski definition) is 4. The van der Waals surface area contributed by atoms with Gasteiger partial charge < -0.3 is 10.1 Å². The number of aromatic nitrogens is 1. The maximum Gasteiger partial charge on any atom is 0.265 e. The van der Waals surface area contributed by atoms with Crippen molar-refractivity contribution in [3.05, 3.63) is 64.1 Å². The number of carbonyl (C=O) groups excluding carboxylic acids is 1. The number of ether oxygens (including phenoxy) is 1. The van der Waals surface area contributed by atoms with Crippen molar-refractivity contribution in [2.45, 2.75) is 6.92 Å². The summed E-state index contributed by atoms with van der Waals surface area (Å²) in [5.74, 6) is 0.412. The third-order valence-electron chi connectivity index (χ3n) is 4.15. The van der Waals surface area contributed by atoms with Gasteiger partial charge in [0.15, 0.2) is 0 Å². The minimum atomic E-state index is -0.201. The average Bonchev–Trinajstić information content (AvgIpc) is 3.09. The quantitative estimate of drug-likeness (QED) is 0.464. The van der Waals surface area contributed by atoms with Gasteiger partial charge in [-0.05, 0) is 37.3 Å². The molecular weight excluding hydrogens is 368 g/mol. The molecule has 4 nitrogen and oxygen atoms in total. The van der Waals surface area contributed by atoms with Crippen LogP contribution < -0.4 is 10.1 Å². The van der Waals surface area contributed by atoms with Crippen molar-refractivity contribution >= 4 is 55.5 Å². The largest absolute Gasteiger partial charge is 0.495 e. The first-order valence-corrected chi connectivity index (χ1v) is 9.20. The number of nitrogens with zero attached hydrogens (tertiary/aromatic N) is 1. The summed E-state index contributed by atoms with van der Waals surface area (Å²) in [5, 5.41) is 5.10. The predicted octanol–water partition coefficient (Wildman–Crippen LogP) is 5.67. The van der Waals surface area contributed by atoms with Crippen LogP contribution in [0.15, 0.2) is 48.5 Å². The number of hydrogen-bond donors (Lipinski definition) is 1. The fourth-order valence-corrected chi connectivity index (χ4v) is 4.26. The zero-order valence-corrected chi connectivity index (χ0v) is 15.7. The first kappa shape index (κ1) is 16.8. The molecule has 0 unspecified atom stereocenters. The molecule has 4 rings (SSSR count). The number of benzene rings is 2. The highest BCUT2D eigenvalue weighted by atomic mass is 35.5. The second-order valence-electron chi connectivity index (χ2n) is 5.93. The van der Waals surface area contributed by atoms with Gasteiger partial charge in [-0.25, -0.2) is 4.98 Å². The Morgan fingerprint density at radius 3 is 2.77 bits per heavy atom. The minimum Gasteiger partial charge on any atom is -0.495 e. The lowest BCUT2D eigenvalue weighted by atomic mass is 10.1. The summed E-state index contributed by atoms with van der Waals surface area (Å²) >= 11 is 7.76. The molecule has 0 aliphatic carbocycles. The third kappa shape index (κ3) is 2.89. The monoisotopic (exact) mass is 382 g/mol. The summed E-state index contributed by atoms with van der Waals surface area (Å²) in [5.41, 5.74) is 2.59. The summed E-state index contributed by atoms with van der Waals surface area (Å²) in [6.07, 6.45) is 0. The number of nitrogens with one attached hydrogen (secondary N) is 1. The Hall–Kier alpha value is -2.63. The maximum absolute atomic E-state index is 12.7. The normalized spacial score (nSPS) is 11.0. The van der Waals surface area contributed by atoms with Crippen molar-refractivity contribution in [2.24, 2.45) is 0 Å². The molecule has 26 heavy (non-hydrogen) atoms. The number of halogens is 1. The predicted molar refractivity (Wildman–Crippen MR) is 108 cm³/mol. The molecule has 2 heterocycles. The van der Waals surface area contributed by atoms with Gasteiger partial charge in [-0.2, -0.15) is 0 Å². The van der Waals surface area contributed by atoms with Crippen LogP contribution in [0.3, 0.4) is 0 Å². The van der Waals surface area contributed by atoms with Crippen LogP contribution >= 0.6 is 22.9 Å². The number of pyridine rings is 1. The molecule has 0 spiro atoms. The molecule has 0 saturated carbocycles. The molecule has 6 heteroatoms. The van der Waals surface area contributed by atoms with Gasteiger partial charge in [-0.15, -0.1) is 11.3 Å². The molecule has 1 amide bonds. The van der Waals surface area contributed by atoms with Gasteiger partial charge in [0.25, 0.3) is 5.91 Å². The van der Waals surface area contributed by atoms with Crippen LogP contribution in [0.4, 0.5) is 5.69 Å². The van der Waals surface area contributed by atoms with Gasteiger partial charge in [-0.3, -0.25) is 4.79 Å². The van der Waals surface area contributed by atoms with E-state index in [1.165, 1.54) is 11.3 Å². The van der Waals surface area contributed by atoms with E-state index in [0.717, 1.165) is 26.6 Å². The van der Waals surface area contributed by atoms with Crippen LogP contribution in [0.5, 0.6) is 5.75 Å². The molecule has 1 N–H and O–H groups in total. The molecule has 0 aliphatic heterocycles. The van der Waals surface area contributed by atoms with Gasteiger partial charge in [0, 0.05) is 15.5 Å². The van der Waals surface area contributed by atoms with E-state index in [9.17, 15) is 4.79 Å².